The molecule has 0 saturated heterocycles. The van der Waals surface area contributed by atoms with Gasteiger partial charge in [0.25, 0.3) is 5.91 Å². The standard InChI is InChI=1S/C25H27ClN4O3/c1-24(2)22(25(3,4)23(24)33-18-10-9-16(13-27)19(26)12-18)30-21(32)17-14-28-20(29-15-17)8-6-5-7-11-31/h9-10,12,14-15,22-23,31H,5,7,11H2,1-4H3,(H,30,32). The van der Waals surface area contributed by atoms with Crippen LogP contribution >= 0.6 is 11.6 Å². The van der Waals surface area contributed by atoms with Crippen LogP contribution in [-0.2, 0) is 0 Å². The van der Waals surface area contributed by atoms with E-state index in [0.29, 0.717) is 40.6 Å². The summed E-state index contributed by atoms with van der Waals surface area (Å²) in [5, 5.41) is 21.3. The quantitative estimate of drug-likeness (QED) is 0.496. The smallest absolute Gasteiger partial charge is 0.254 e. The Labute approximate surface area is 199 Å². The van der Waals surface area contributed by atoms with E-state index in [4.69, 9.17) is 26.7 Å². The van der Waals surface area contributed by atoms with Crippen LogP contribution < -0.4 is 10.1 Å². The molecule has 2 aromatic rings. The summed E-state index contributed by atoms with van der Waals surface area (Å²) >= 11 is 6.15. The van der Waals surface area contributed by atoms with Crippen LogP contribution in [0.2, 0.25) is 5.02 Å². The molecular weight excluding hydrogens is 440 g/mol. The average molecular weight is 467 g/mol. The van der Waals surface area contributed by atoms with Crippen molar-refractivity contribution in [1.29, 1.82) is 5.26 Å². The first-order valence-corrected chi connectivity index (χ1v) is 11.1. The molecule has 0 bridgehead atoms. The van der Waals surface area contributed by atoms with Crippen LogP contribution in [0.15, 0.2) is 30.6 Å². The van der Waals surface area contributed by atoms with Gasteiger partial charge in [-0.3, -0.25) is 4.79 Å². The van der Waals surface area contributed by atoms with Gasteiger partial charge in [-0.2, -0.15) is 5.26 Å². The van der Waals surface area contributed by atoms with Gasteiger partial charge in [-0.15, -0.1) is 0 Å². The van der Waals surface area contributed by atoms with Crippen LogP contribution in [0.4, 0.5) is 0 Å². The normalized spacial score (nSPS) is 19.9. The van der Waals surface area contributed by atoms with Crippen LogP contribution in [-0.4, -0.2) is 39.7 Å². The van der Waals surface area contributed by atoms with Crippen molar-refractivity contribution in [3.63, 3.8) is 0 Å². The van der Waals surface area contributed by atoms with Gasteiger partial charge < -0.3 is 15.2 Å². The molecule has 0 radical (unpaired) electrons. The maximum atomic E-state index is 12.9. The molecule has 0 aliphatic heterocycles. The summed E-state index contributed by atoms with van der Waals surface area (Å²) in [7, 11) is 0. The fourth-order valence-electron chi connectivity index (χ4n) is 4.63. The Morgan fingerprint density at radius 1 is 1.24 bits per heavy atom. The molecule has 7 nitrogen and oxygen atoms in total. The predicted molar refractivity (Wildman–Crippen MR) is 125 cm³/mol. The Hall–Kier alpha value is -3.13. The highest BCUT2D eigenvalue weighted by Crippen LogP contribution is 2.55. The molecule has 1 fully saturated rings. The Balaban J connectivity index is 1.67. The van der Waals surface area contributed by atoms with Crippen molar-refractivity contribution >= 4 is 17.5 Å². The molecule has 1 aliphatic rings. The second-order valence-electron chi connectivity index (χ2n) is 9.22. The van der Waals surface area contributed by atoms with Crippen LogP contribution in [0.25, 0.3) is 0 Å². The maximum absolute atomic E-state index is 12.9. The number of carbonyl (C=O) groups is 1. The maximum Gasteiger partial charge on any atom is 0.254 e. The van der Waals surface area contributed by atoms with Gasteiger partial charge in [0.2, 0.25) is 5.82 Å². The molecule has 33 heavy (non-hydrogen) atoms. The van der Waals surface area contributed by atoms with Crippen molar-refractivity contribution in [2.45, 2.75) is 52.7 Å². The lowest BCUT2D eigenvalue weighted by molar-refractivity contribution is -0.164. The molecule has 172 valence electrons. The number of amides is 1. The number of aromatic nitrogens is 2. The number of benzene rings is 1. The number of halogens is 1. The zero-order valence-electron chi connectivity index (χ0n) is 19.1. The molecule has 1 saturated carbocycles. The number of aliphatic hydroxyl groups is 1. The van der Waals surface area contributed by atoms with Crippen molar-refractivity contribution in [1.82, 2.24) is 15.3 Å². The van der Waals surface area contributed by atoms with Gasteiger partial charge in [0.15, 0.2) is 0 Å². The largest absolute Gasteiger partial charge is 0.489 e. The molecule has 0 spiro atoms. The van der Waals surface area contributed by atoms with Gasteiger partial charge in [-0.1, -0.05) is 45.2 Å². The van der Waals surface area contributed by atoms with E-state index in [1.807, 2.05) is 33.8 Å². The van der Waals surface area contributed by atoms with Crippen LogP contribution in [0.5, 0.6) is 5.75 Å². The Bertz CT molecular complexity index is 1110. The second-order valence-corrected chi connectivity index (χ2v) is 9.63. The summed E-state index contributed by atoms with van der Waals surface area (Å²) in [4.78, 5) is 21.2. The van der Waals surface area contributed by atoms with E-state index in [2.05, 4.69) is 27.1 Å². The highest BCUT2D eigenvalue weighted by Gasteiger charge is 2.64. The third kappa shape index (κ3) is 5.11. The summed E-state index contributed by atoms with van der Waals surface area (Å²) in [6.07, 6.45) is 3.90. The highest BCUT2D eigenvalue weighted by molar-refractivity contribution is 6.31. The Kier molecular flexibility index (Phi) is 7.27. The molecule has 0 atom stereocenters. The zero-order valence-corrected chi connectivity index (χ0v) is 19.9. The molecule has 1 amide bonds. The van der Waals surface area contributed by atoms with Gasteiger partial charge in [-0.25, -0.2) is 9.97 Å². The number of aliphatic hydroxyl groups excluding tert-OH is 1. The number of nitrogens with one attached hydrogen (secondary N) is 1. The number of carbonyl (C=O) groups excluding carboxylic acids is 1. The molecular formula is C25H27ClN4O3. The number of ether oxygens (including phenoxy) is 1. The van der Waals surface area contributed by atoms with Gasteiger partial charge in [0.1, 0.15) is 17.9 Å². The minimum absolute atomic E-state index is 0.0929. The van der Waals surface area contributed by atoms with Crippen molar-refractivity contribution in [3.8, 4) is 23.7 Å². The molecule has 1 aromatic heterocycles. The third-order valence-electron chi connectivity index (χ3n) is 6.00. The number of nitrogens with zero attached hydrogens (tertiary/aromatic N) is 3. The number of rotatable bonds is 6. The highest BCUT2D eigenvalue weighted by atomic mass is 35.5. The Morgan fingerprint density at radius 2 is 1.91 bits per heavy atom. The molecule has 3 rings (SSSR count). The molecule has 1 heterocycles. The summed E-state index contributed by atoms with van der Waals surface area (Å²) < 4.78 is 6.25. The van der Waals surface area contributed by atoms with Crippen LogP contribution in [0, 0.1) is 34.0 Å². The van der Waals surface area contributed by atoms with Crippen molar-refractivity contribution in [2.24, 2.45) is 10.8 Å². The Morgan fingerprint density at radius 3 is 2.48 bits per heavy atom. The molecule has 1 aliphatic carbocycles. The van der Waals surface area contributed by atoms with E-state index in [1.165, 1.54) is 12.4 Å². The third-order valence-corrected chi connectivity index (χ3v) is 6.32. The van der Waals surface area contributed by atoms with Gasteiger partial charge in [0.05, 0.1) is 16.1 Å². The topological polar surface area (TPSA) is 108 Å². The van der Waals surface area contributed by atoms with E-state index in [1.54, 1.807) is 18.2 Å². The van der Waals surface area contributed by atoms with Crippen molar-refractivity contribution < 1.29 is 14.6 Å². The van der Waals surface area contributed by atoms with Crippen molar-refractivity contribution in [2.75, 3.05) is 6.61 Å². The lowest BCUT2D eigenvalue weighted by Crippen LogP contribution is -2.74. The lowest BCUT2D eigenvalue weighted by atomic mass is 9.49. The first-order valence-electron chi connectivity index (χ1n) is 10.7. The average Bonchev–Trinajstić information content (AvgIpc) is 2.78. The fourth-order valence-corrected chi connectivity index (χ4v) is 4.84. The van der Waals surface area contributed by atoms with E-state index in [0.717, 1.165) is 0 Å². The molecule has 2 N–H and O–H groups in total. The number of hydrogen-bond acceptors (Lipinski definition) is 6. The number of hydrogen-bond donors (Lipinski definition) is 2. The van der Waals surface area contributed by atoms with E-state index < -0.39 is 0 Å². The summed E-state index contributed by atoms with van der Waals surface area (Å²) in [5.41, 5.74) is 0.0215. The van der Waals surface area contributed by atoms with Gasteiger partial charge in [0, 0.05) is 48.4 Å². The lowest BCUT2D eigenvalue weighted by Gasteiger charge is -2.63. The summed E-state index contributed by atoms with van der Waals surface area (Å²) in [5.74, 6) is 6.36. The minimum Gasteiger partial charge on any atom is -0.489 e. The van der Waals surface area contributed by atoms with Crippen molar-refractivity contribution in [3.05, 3.63) is 52.6 Å². The number of unbranched alkanes of at least 4 members (excludes halogenated alkanes) is 1. The first kappa shape index (κ1) is 24.5. The summed E-state index contributed by atoms with van der Waals surface area (Å²) in [6.45, 7) is 8.26. The molecule has 0 unspecified atom stereocenters. The van der Waals surface area contributed by atoms with Crippen LogP contribution in [0.3, 0.4) is 0 Å². The number of nitriles is 1. The van der Waals surface area contributed by atoms with E-state index in [-0.39, 0.29) is 35.5 Å². The monoisotopic (exact) mass is 466 g/mol. The van der Waals surface area contributed by atoms with Gasteiger partial charge >= 0.3 is 0 Å². The predicted octanol–water partition coefficient (Wildman–Crippen LogP) is 3.74. The minimum atomic E-state index is -0.363. The zero-order chi connectivity index (χ0) is 24.2. The van der Waals surface area contributed by atoms with Crippen LogP contribution in [0.1, 0.15) is 62.3 Å². The molecule has 8 heteroatoms. The van der Waals surface area contributed by atoms with E-state index >= 15 is 0 Å². The summed E-state index contributed by atoms with van der Waals surface area (Å²) in [6, 6.07) is 6.89. The fraction of sp³-hybridized carbons (Fsp3) is 0.440. The molecule has 1 aromatic carbocycles. The first-order chi connectivity index (χ1) is 15.6. The van der Waals surface area contributed by atoms with E-state index in [9.17, 15) is 4.79 Å². The SMILES string of the molecule is CC1(C)C(NC(=O)c2cnc(C#CCCCO)nc2)C(C)(C)C1Oc1ccc(C#N)c(Cl)c1. The van der Waals surface area contributed by atoms with Gasteiger partial charge in [-0.05, 0) is 24.5 Å². The second kappa shape index (κ2) is 9.79.